The molecule has 0 aliphatic carbocycles. The zero-order chi connectivity index (χ0) is 31.6. The molecule has 0 radical (unpaired) electrons. The molecule has 1 fully saturated rings. The fourth-order valence-corrected chi connectivity index (χ4v) is 6.08. The number of halogens is 2. The molecule has 230 valence electrons. The smallest absolute Gasteiger partial charge is 0.371 e. The summed E-state index contributed by atoms with van der Waals surface area (Å²) >= 11 is 12.5. The predicted octanol–water partition coefficient (Wildman–Crippen LogP) is 4.98. The summed E-state index contributed by atoms with van der Waals surface area (Å²) in [4.78, 5) is 29.7. The summed E-state index contributed by atoms with van der Waals surface area (Å²) in [6.45, 7) is 1.00. The lowest BCUT2D eigenvalue weighted by Gasteiger charge is -2.48. The van der Waals surface area contributed by atoms with Crippen LogP contribution in [-0.4, -0.2) is 67.4 Å². The first-order valence-corrected chi connectivity index (χ1v) is 14.5. The van der Waals surface area contributed by atoms with Crippen molar-refractivity contribution in [1.29, 1.82) is 0 Å². The SMILES string of the molecule is COc1cc2nc(N(C)CC3(c4ccccc4)CCN(c4ccc(Cl)c(Cl)c4)C(/N=C(\N)C(=O)O)C3)nc(N)c2cc1OC. The number of carbonyl (C=O) groups is 1. The molecule has 13 heteroatoms. The number of hydrogen-bond acceptors (Lipinski definition) is 9. The van der Waals surface area contributed by atoms with Gasteiger partial charge in [0.15, 0.2) is 11.5 Å². The highest BCUT2D eigenvalue weighted by Crippen LogP contribution is 2.43. The molecule has 0 saturated carbocycles. The molecule has 2 unspecified atom stereocenters. The van der Waals surface area contributed by atoms with Gasteiger partial charge in [0.1, 0.15) is 12.0 Å². The van der Waals surface area contributed by atoms with Crippen molar-refractivity contribution < 1.29 is 19.4 Å². The van der Waals surface area contributed by atoms with E-state index >= 15 is 0 Å². The molecule has 44 heavy (non-hydrogen) atoms. The summed E-state index contributed by atoms with van der Waals surface area (Å²) in [5.41, 5.74) is 14.2. The number of amidine groups is 1. The van der Waals surface area contributed by atoms with Crippen molar-refractivity contribution in [2.24, 2.45) is 10.7 Å². The molecule has 1 aliphatic rings. The number of nitrogens with two attached hydrogens (primary N) is 2. The number of anilines is 3. The van der Waals surface area contributed by atoms with Crippen molar-refractivity contribution in [3.05, 3.63) is 76.3 Å². The molecule has 1 aliphatic heterocycles. The second-order valence-corrected chi connectivity index (χ2v) is 11.5. The Labute approximate surface area is 265 Å². The normalized spacial score (nSPS) is 18.7. The van der Waals surface area contributed by atoms with Crippen LogP contribution in [0.15, 0.2) is 65.7 Å². The van der Waals surface area contributed by atoms with Gasteiger partial charge in [-0.1, -0.05) is 53.5 Å². The van der Waals surface area contributed by atoms with Gasteiger partial charge in [0.2, 0.25) is 11.8 Å². The lowest BCUT2D eigenvalue weighted by Crippen LogP contribution is -2.53. The second-order valence-electron chi connectivity index (χ2n) is 10.7. The molecule has 1 saturated heterocycles. The summed E-state index contributed by atoms with van der Waals surface area (Å²) in [6.07, 6.45) is 0.503. The van der Waals surface area contributed by atoms with Crippen LogP contribution in [-0.2, 0) is 10.2 Å². The van der Waals surface area contributed by atoms with Crippen LogP contribution in [0.25, 0.3) is 10.9 Å². The van der Waals surface area contributed by atoms with E-state index in [-0.39, 0.29) is 0 Å². The number of rotatable bonds is 8. The molecule has 1 aromatic heterocycles. The van der Waals surface area contributed by atoms with Crippen molar-refractivity contribution in [1.82, 2.24) is 9.97 Å². The number of nitrogen functional groups attached to an aromatic ring is 1. The Hall–Kier alpha value is -4.48. The number of ether oxygens (including phenoxy) is 2. The van der Waals surface area contributed by atoms with Crippen LogP contribution in [0.2, 0.25) is 10.0 Å². The minimum atomic E-state index is -1.29. The zero-order valence-electron chi connectivity index (χ0n) is 24.5. The highest BCUT2D eigenvalue weighted by molar-refractivity contribution is 6.42. The summed E-state index contributed by atoms with van der Waals surface area (Å²) in [5, 5.41) is 11.1. The number of fused-ring (bicyclic) bond motifs is 1. The van der Waals surface area contributed by atoms with E-state index in [9.17, 15) is 9.90 Å². The van der Waals surface area contributed by atoms with Gasteiger partial charge >= 0.3 is 5.97 Å². The molecule has 0 spiro atoms. The van der Waals surface area contributed by atoms with Crippen LogP contribution < -0.4 is 30.7 Å². The van der Waals surface area contributed by atoms with Crippen LogP contribution in [0.1, 0.15) is 18.4 Å². The lowest BCUT2D eigenvalue weighted by atomic mass is 9.71. The number of piperidine rings is 1. The first-order valence-electron chi connectivity index (χ1n) is 13.8. The number of benzene rings is 3. The van der Waals surface area contributed by atoms with E-state index < -0.39 is 23.4 Å². The van der Waals surface area contributed by atoms with Gasteiger partial charge in [-0.05, 0) is 42.7 Å². The number of aromatic nitrogens is 2. The van der Waals surface area contributed by atoms with Gasteiger partial charge in [0, 0.05) is 42.7 Å². The minimum absolute atomic E-state index is 0.303. The first-order chi connectivity index (χ1) is 21.0. The van der Waals surface area contributed by atoms with Gasteiger partial charge in [-0.25, -0.2) is 14.8 Å². The van der Waals surface area contributed by atoms with Crippen LogP contribution in [0.5, 0.6) is 11.5 Å². The molecule has 5 rings (SSSR count). The Morgan fingerprint density at radius 3 is 2.45 bits per heavy atom. The van der Waals surface area contributed by atoms with E-state index in [1.165, 1.54) is 0 Å². The molecular formula is C31H33Cl2N7O4. The summed E-state index contributed by atoms with van der Waals surface area (Å²) < 4.78 is 10.9. The van der Waals surface area contributed by atoms with Crippen molar-refractivity contribution in [2.45, 2.75) is 24.4 Å². The average Bonchev–Trinajstić information content (AvgIpc) is 3.02. The third-order valence-corrected chi connectivity index (χ3v) is 8.73. The number of methoxy groups -OCH3 is 2. The second kappa shape index (κ2) is 12.6. The monoisotopic (exact) mass is 637 g/mol. The summed E-state index contributed by atoms with van der Waals surface area (Å²) in [5.74, 6) is 0.0120. The van der Waals surface area contributed by atoms with Crippen molar-refractivity contribution in [3.8, 4) is 11.5 Å². The Bertz CT molecular complexity index is 1720. The molecule has 5 N–H and O–H groups in total. The van der Waals surface area contributed by atoms with Gasteiger partial charge in [0.05, 0.1) is 29.8 Å². The molecule has 2 heterocycles. The van der Waals surface area contributed by atoms with Gasteiger partial charge in [-0.15, -0.1) is 0 Å². The summed E-state index contributed by atoms with van der Waals surface area (Å²) in [7, 11) is 5.02. The Kier molecular flexibility index (Phi) is 8.89. The number of nitrogens with zero attached hydrogens (tertiary/aromatic N) is 5. The number of aliphatic imine (C=N–C) groups is 1. The largest absolute Gasteiger partial charge is 0.493 e. The van der Waals surface area contributed by atoms with E-state index in [0.717, 1.165) is 11.3 Å². The van der Waals surface area contributed by atoms with E-state index in [4.69, 9.17) is 49.1 Å². The maximum absolute atomic E-state index is 11.8. The van der Waals surface area contributed by atoms with Crippen LogP contribution in [0, 0.1) is 0 Å². The Morgan fingerprint density at radius 1 is 1.09 bits per heavy atom. The number of aliphatic carboxylic acids is 1. The molecule has 3 aromatic carbocycles. The predicted molar refractivity (Wildman–Crippen MR) is 175 cm³/mol. The molecule has 4 aromatic rings. The maximum Gasteiger partial charge on any atom is 0.371 e. The number of carboxylic acids is 1. The first kappa shape index (κ1) is 31.0. The summed E-state index contributed by atoms with van der Waals surface area (Å²) in [6, 6.07) is 18.9. The molecule has 2 atom stereocenters. The van der Waals surface area contributed by atoms with Crippen molar-refractivity contribution in [3.63, 3.8) is 0 Å². The quantitative estimate of drug-likeness (QED) is 0.178. The minimum Gasteiger partial charge on any atom is -0.493 e. The van der Waals surface area contributed by atoms with E-state index in [2.05, 4.69) is 22.1 Å². The number of carboxylic acid groups (broad SMARTS) is 1. The van der Waals surface area contributed by atoms with Crippen molar-refractivity contribution >= 4 is 63.4 Å². The molecule has 11 nitrogen and oxygen atoms in total. The fraction of sp³-hybridized carbons (Fsp3) is 0.290. The number of likely N-dealkylation sites (N-methyl/N-ethyl adjacent to an activating group) is 1. The zero-order valence-corrected chi connectivity index (χ0v) is 26.0. The highest BCUT2D eigenvalue weighted by Gasteiger charge is 2.43. The van der Waals surface area contributed by atoms with Crippen LogP contribution in [0.4, 0.5) is 17.5 Å². The highest BCUT2D eigenvalue weighted by atomic mass is 35.5. The fourth-order valence-electron chi connectivity index (χ4n) is 5.79. The Balaban J connectivity index is 1.56. The molecular weight excluding hydrogens is 605 g/mol. The average molecular weight is 639 g/mol. The standard InChI is InChI=1S/C31H33Cl2N7O4/c1-39(30-36-23-15-25(44-3)24(43-2)14-20(23)27(34)38-30)17-31(18-7-5-4-6-8-18)11-12-40(19-9-10-21(32)22(33)13-19)26(16-31)37-28(35)29(41)42/h4-10,13-15,26H,11-12,16-17H2,1-3H3,(H2,35,37)(H,41,42)(H2,34,36,38). The van der Waals surface area contributed by atoms with Gasteiger partial charge in [-0.2, -0.15) is 4.98 Å². The topological polar surface area (TPSA) is 152 Å². The number of hydrogen-bond donors (Lipinski definition) is 3. The van der Waals surface area contributed by atoms with E-state index in [1.807, 2.05) is 41.1 Å². The molecule has 0 amide bonds. The van der Waals surface area contributed by atoms with Crippen LogP contribution in [0.3, 0.4) is 0 Å². The lowest BCUT2D eigenvalue weighted by molar-refractivity contribution is -0.129. The van der Waals surface area contributed by atoms with Crippen LogP contribution >= 0.6 is 23.2 Å². The maximum atomic E-state index is 11.8. The van der Waals surface area contributed by atoms with E-state index in [1.54, 1.807) is 38.5 Å². The third-order valence-electron chi connectivity index (χ3n) is 7.99. The van der Waals surface area contributed by atoms with Gasteiger partial charge in [0.25, 0.3) is 0 Å². The molecule has 0 bridgehead atoms. The third kappa shape index (κ3) is 6.11. The Morgan fingerprint density at radius 2 is 1.80 bits per heavy atom. The van der Waals surface area contributed by atoms with Crippen molar-refractivity contribution in [2.75, 3.05) is 49.9 Å². The van der Waals surface area contributed by atoms with Gasteiger partial charge < -0.3 is 35.8 Å². The van der Waals surface area contributed by atoms with E-state index in [0.29, 0.717) is 70.1 Å². The van der Waals surface area contributed by atoms with Gasteiger partial charge in [-0.3, -0.25) is 0 Å².